The van der Waals surface area contributed by atoms with Crippen LogP contribution in [0.15, 0.2) is 69.8 Å². The van der Waals surface area contributed by atoms with Crippen molar-refractivity contribution in [1.29, 1.82) is 0 Å². The first-order chi connectivity index (χ1) is 15.1. The van der Waals surface area contributed by atoms with Gasteiger partial charge in [0, 0.05) is 32.1 Å². The lowest BCUT2D eigenvalue weighted by molar-refractivity contribution is 0.301. The summed E-state index contributed by atoms with van der Waals surface area (Å²) in [4.78, 5) is 7.47. The number of methoxy groups -OCH3 is 1. The van der Waals surface area contributed by atoms with Gasteiger partial charge in [-0.05, 0) is 68.4 Å². The maximum absolute atomic E-state index is 5.75. The first-order valence-electron chi connectivity index (χ1n) is 12.0. The van der Waals surface area contributed by atoms with Gasteiger partial charge in [0.2, 0.25) is 0 Å². The fourth-order valence-electron chi connectivity index (χ4n) is 5.02. The van der Waals surface area contributed by atoms with E-state index in [1.54, 1.807) is 12.7 Å². The number of aliphatic imine (C=N–C) groups is 1. The summed E-state index contributed by atoms with van der Waals surface area (Å²) in [5.74, 6) is 0.858. The van der Waals surface area contributed by atoms with Gasteiger partial charge < -0.3 is 14.2 Å². The Morgan fingerprint density at radius 3 is 2.65 bits per heavy atom. The van der Waals surface area contributed by atoms with Crippen LogP contribution in [-0.4, -0.2) is 35.4 Å². The smallest absolute Gasteiger partial charge is 0.146 e. The second kappa shape index (κ2) is 9.76. The Hall–Kier alpha value is -2.49. The van der Waals surface area contributed by atoms with Crippen molar-refractivity contribution in [3.63, 3.8) is 0 Å². The van der Waals surface area contributed by atoms with E-state index >= 15 is 0 Å². The number of unbranched alkanes of at least 4 members (excludes halogenated alkanes) is 1. The summed E-state index contributed by atoms with van der Waals surface area (Å²) in [7, 11) is 6.06. The maximum atomic E-state index is 5.75. The van der Waals surface area contributed by atoms with Gasteiger partial charge in [0.15, 0.2) is 0 Å². The van der Waals surface area contributed by atoms with Gasteiger partial charge in [0.25, 0.3) is 0 Å². The fourth-order valence-corrected chi connectivity index (χ4v) is 5.02. The minimum atomic E-state index is 0.241. The Balaban J connectivity index is 1.73. The summed E-state index contributed by atoms with van der Waals surface area (Å²) in [6.45, 7) is 2.29. The normalized spacial score (nSPS) is 25.5. The van der Waals surface area contributed by atoms with E-state index in [-0.39, 0.29) is 6.04 Å². The molecule has 1 aromatic rings. The molecule has 0 fully saturated rings. The van der Waals surface area contributed by atoms with Crippen LogP contribution in [0, 0.1) is 0 Å². The molecule has 4 heteroatoms. The number of fused-ring (bicyclic) bond motifs is 1. The summed E-state index contributed by atoms with van der Waals surface area (Å²) >= 11 is 0. The van der Waals surface area contributed by atoms with Gasteiger partial charge in [0.1, 0.15) is 11.5 Å². The summed E-state index contributed by atoms with van der Waals surface area (Å²) < 4.78 is 7.86. The predicted octanol–water partition coefficient (Wildman–Crippen LogP) is 6.28. The molecule has 0 amide bonds. The molecule has 0 saturated carbocycles. The average molecular weight is 420 g/mol. The predicted molar refractivity (Wildman–Crippen MR) is 129 cm³/mol. The number of aromatic nitrogens is 1. The minimum absolute atomic E-state index is 0.241. The Morgan fingerprint density at radius 2 is 1.94 bits per heavy atom. The van der Waals surface area contributed by atoms with Crippen molar-refractivity contribution in [2.75, 3.05) is 14.2 Å². The zero-order chi connectivity index (χ0) is 21.8. The molecule has 3 heterocycles. The van der Waals surface area contributed by atoms with Crippen molar-refractivity contribution in [3.05, 3.63) is 70.6 Å². The number of hydrogen-bond donors (Lipinski definition) is 0. The quantitative estimate of drug-likeness (QED) is 0.543. The molecule has 4 nitrogen and oxygen atoms in total. The molecule has 0 radical (unpaired) electrons. The number of allylic oxidation sites excluding steroid dienone is 3. The molecule has 1 unspecified atom stereocenters. The Labute approximate surface area is 187 Å². The molecule has 1 aromatic heterocycles. The zero-order valence-corrected chi connectivity index (χ0v) is 19.7. The highest BCUT2D eigenvalue weighted by Crippen LogP contribution is 2.37. The third kappa shape index (κ3) is 4.58. The van der Waals surface area contributed by atoms with Gasteiger partial charge >= 0.3 is 0 Å². The molecule has 0 N–H and O–H groups in total. The fraction of sp³-hybridized carbons (Fsp3) is 0.519. The summed E-state index contributed by atoms with van der Waals surface area (Å²) in [5, 5.41) is 0. The maximum Gasteiger partial charge on any atom is 0.146 e. The number of nitrogens with zero attached hydrogens (tertiary/aromatic N) is 3. The van der Waals surface area contributed by atoms with Gasteiger partial charge in [-0.1, -0.05) is 31.8 Å². The third-order valence-corrected chi connectivity index (χ3v) is 6.92. The summed E-state index contributed by atoms with van der Waals surface area (Å²) in [6, 6.07) is 4.41. The monoisotopic (exact) mass is 419 g/mol. The average Bonchev–Trinajstić information content (AvgIpc) is 3.46. The summed E-state index contributed by atoms with van der Waals surface area (Å²) in [5.41, 5.74) is 7.67. The van der Waals surface area contributed by atoms with E-state index in [1.165, 1.54) is 69.1 Å². The first-order valence-corrected chi connectivity index (χ1v) is 12.0. The number of aryl methyl sites for hydroxylation is 1. The lowest BCUT2D eigenvalue weighted by Crippen LogP contribution is -2.26. The molecule has 0 spiro atoms. The van der Waals surface area contributed by atoms with Crippen LogP contribution in [0.1, 0.15) is 70.4 Å². The van der Waals surface area contributed by atoms with Crippen LogP contribution in [-0.2, 0) is 11.8 Å². The van der Waals surface area contributed by atoms with E-state index in [1.807, 2.05) is 0 Å². The van der Waals surface area contributed by atoms with Crippen molar-refractivity contribution in [2.24, 2.45) is 12.0 Å². The lowest BCUT2D eigenvalue weighted by atomic mass is 9.92. The third-order valence-electron chi connectivity index (χ3n) is 6.92. The van der Waals surface area contributed by atoms with Crippen molar-refractivity contribution >= 4 is 5.71 Å². The van der Waals surface area contributed by atoms with Crippen LogP contribution in [0.5, 0.6) is 0 Å². The van der Waals surface area contributed by atoms with Crippen LogP contribution in [0.4, 0.5) is 0 Å². The van der Waals surface area contributed by atoms with E-state index in [2.05, 4.69) is 67.0 Å². The van der Waals surface area contributed by atoms with E-state index in [9.17, 15) is 0 Å². The molecule has 3 aliphatic rings. The molecular weight excluding hydrogens is 382 g/mol. The molecule has 1 atom stereocenters. The number of ether oxygens (including phenoxy) is 1. The van der Waals surface area contributed by atoms with Crippen LogP contribution in [0.3, 0.4) is 0 Å². The highest BCUT2D eigenvalue weighted by molar-refractivity contribution is 6.10. The minimum Gasteiger partial charge on any atom is -0.494 e. The number of hydrogen-bond acceptors (Lipinski definition) is 3. The van der Waals surface area contributed by atoms with E-state index in [0.717, 1.165) is 22.9 Å². The lowest BCUT2D eigenvalue weighted by Gasteiger charge is -2.25. The standard InChI is InChI=1S/C27H37N3O/c1-5-6-12-20-13-9-7-8-10-14-21-17-22(20)26(30(21)3)18-24-27(31-4)19-23(28-24)25-15-11-16-29(25)2/h11,15-19,26H,5-10,12-14H2,1-4H3/b22-20+,24-18?. The second-order valence-electron chi connectivity index (χ2n) is 9.03. The number of rotatable bonds is 6. The van der Waals surface area contributed by atoms with Crippen molar-refractivity contribution in [1.82, 2.24) is 9.47 Å². The summed E-state index contributed by atoms with van der Waals surface area (Å²) in [6.07, 6.45) is 20.4. The van der Waals surface area contributed by atoms with Crippen LogP contribution in [0.25, 0.3) is 0 Å². The van der Waals surface area contributed by atoms with Gasteiger partial charge in [0.05, 0.1) is 24.6 Å². The van der Waals surface area contributed by atoms with Crippen LogP contribution in [0.2, 0.25) is 0 Å². The molecule has 0 saturated heterocycles. The van der Waals surface area contributed by atoms with E-state index in [4.69, 9.17) is 9.73 Å². The largest absolute Gasteiger partial charge is 0.494 e. The molecule has 2 aliphatic heterocycles. The van der Waals surface area contributed by atoms with Gasteiger partial charge in [-0.2, -0.15) is 0 Å². The van der Waals surface area contributed by atoms with Crippen molar-refractivity contribution in [3.8, 4) is 0 Å². The molecule has 31 heavy (non-hydrogen) atoms. The Morgan fingerprint density at radius 1 is 1.13 bits per heavy atom. The molecule has 2 bridgehead atoms. The van der Waals surface area contributed by atoms with E-state index in [0.29, 0.717) is 0 Å². The van der Waals surface area contributed by atoms with Gasteiger partial charge in [-0.15, -0.1) is 0 Å². The van der Waals surface area contributed by atoms with Gasteiger partial charge in [-0.3, -0.25) is 0 Å². The Bertz CT molecular complexity index is 957. The second-order valence-corrected chi connectivity index (χ2v) is 9.03. The topological polar surface area (TPSA) is 29.8 Å². The molecule has 0 aromatic carbocycles. The van der Waals surface area contributed by atoms with E-state index < -0.39 is 0 Å². The first kappa shape index (κ1) is 21.7. The Kier molecular flexibility index (Phi) is 6.84. The van der Waals surface area contributed by atoms with Crippen molar-refractivity contribution < 1.29 is 4.74 Å². The van der Waals surface area contributed by atoms with Crippen LogP contribution >= 0.6 is 0 Å². The zero-order valence-electron chi connectivity index (χ0n) is 19.7. The molecule has 166 valence electrons. The van der Waals surface area contributed by atoms with Crippen molar-refractivity contribution in [2.45, 2.75) is 70.8 Å². The van der Waals surface area contributed by atoms with Gasteiger partial charge in [-0.25, -0.2) is 4.99 Å². The number of likely N-dealkylation sites (N-methyl/N-ethyl adjacent to an activating group) is 1. The van der Waals surface area contributed by atoms with Crippen LogP contribution < -0.4 is 0 Å². The molecule has 4 rings (SSSR count). The highest BCUT2D eigenvalue weighted by atomic mass is 16.5. The highest BCUT2D eigenvalue weighted by Gasteiger charge is 2.30. The molecular formula is C27H37N3O. The SMILES string of the molecule is CCCC/C1=C2/C=C(CCCCCC1)N(C)C2C=C1N=C(c2cccn2C)C=C1OC. The molecule has 1 aliphatic carbocycles.